The van der Waals surface area contributed by atoms with Gasteiger partial charge in [0.05, 0.1) is 5.02 Å². The van der Waals surface area contributed by atoms with Gasteiger partial charge in [-0.1, -0.05) is 39.1 Å². The SMILES string of the molecule is O=C(COc1ccc(Br)cc1Cl)Oc1ccc(Cl)cc1. The fraction of sp³-hybridized carbons (Fsp3) is 0.0714. The van der Waals surface area contributed by atoms with E-state index >= 15 is 0 Å². The van der Waals surface area contributed by atoms with E-state index in [0.717, 1.165) is 4.47 Å². The summed E-state index contributed by atoms with van der Waals surface area (Å²) in [6.07, 6.45) is 0. The molecule has 0 amide bonds. The zero-order valence-electron chi connectivity index (χ0n) is 10.1. The van der Waals surface area contributed by atoms with Crippen molar-refractivity contribution in [1.82, 2.24) is 0 Å². The minimum absolute atomic E-state index is 0.232. The highest BCUT2D eigenvalue weighted by Gasteiger charge is 2.08. The summed E-state index contributed by atoms with van der Waals surface area (Å²) in [6.45, 7) is -0.232. The van der Waals surface area contributed by atoms with Crippen LogP contribution in [0.1, 0.15) is 0 Å². The van der Waals surface area contributed by atoms with Crippen LogP contribution in [-0.2, 0) is 4.79 Å². The Kier molecular flexibility index (Phi) is 5.29. The molecule has 20 heavy (non-hydrogen) atoms. The van der Waals surface area contributed by atoms with Crippen molar-refractivity contribution in [1.29, 1.82) is 0 Å². The van der Waals surface area contributed by atoms with Crippen molar-refractivity contribution in [3.63, 3.8) is 0 Å². The molecule has 0 heterocycles. The quantitative estimate of drug-likeness (QED) is 0.571. The largest absolute Gasteiger partial charge is 0.480 e. The van der Waals surface area contributed by atoms with Crippen LogP contribution in [0.5, 0.6) is 11.5 Å². The van der Waals surface area contributed by atoms with Crippen LogP contribution >= 0.6 is 39.1 Å². The maximum atomic E-state index is 11.6. The lowest BCUT2D eigenvalue weighted by Gasteiger charge is -2.08. The molecule has 0 aliphatic heterocycles. The molecule has 0 N–H and O–H groups in total. The Morgan fingerprint density at radius 1 is 1.10 bits per heavy atom. The summed E-state index contributed by atoms with van der Waals surface area (Å²) in [5.74, 6) is 0.305. The van der Waals surface area contributed by atoms with Crippen LogP contribution in [-0.4, -0.2) is 12.6 Å². The van der Waals surface area contributed by atoms with Gasteiger partial charge in [-0.2, -0.15) is 0 Å². The fourth-order valence-electron chi connectivity index (χ4n) is 1.39. The lowest BCUT2D eigenvalue weighted by atomic mass is 10.3. The zero-order valence-corrected chi connectivity index (χ0v) is 13.2. The Balaban J connectivity index is 1.90. The topological polar surface area (TPSA) is 35.5 Å². The van der Waals surface area contributed by atoms with Gasteiger partial charge in [-0.3, -0.25) is 0 Å². The Hall–Kier alpha value is -1.23. The van der Waals surface area contributed by atoms with Gasteiger partial charge < -0.3 is 9.47 Å². The average Bonchev–Trinajstić information content (AvgIpc) is 2.40. The lowest BCUT2D eigenvalue weighted by Crippen LogP contribution is -2.17. The molecule has 2 aromatic carbocycles. The van der Waals surface area contributed by atoms with Crippen molar-refractivity contribution in [2.75, 3.05) is 6.61 Å². The number of hydrogen-bond donors (Lipinski definition) is 0. The number of hydrogen-bond acceptors (Lipinski definition) is 3. The van der Waals surface area contributed by atoms with E-state index in [1.54, 1.807) is 42.5 Å². The van der Waals surface area contributed by atoms with Crippen molar-refractivity contribution in [2.45, 2.75) is 0 Å². The van der Waals surface area contributed by atoms with E-state index in [1.807, 2.05) is 0 Å². The number of halogens is 3. The summed E-state index contributed by atoms with van der Waals surface area (Å²) in [5, 5.41) is 0.987. The van der Waals surface area contributed by atoms with E-state index in [-0.39, 0.29) is 6.61 Å². The van der Waals surface area contributed by atoms with E-state index in [2.05, 4.69) is 15.9 Å². The average molecular weight is 376 g/mol. The van der Waals surface area contributed by atoms with Crippen molar-refractivity contribution in [3.05, 3.63) is 57.0 Å². The van der Waals surface area contributed by atoms with Crippen LogP contribution in [0.2, 0.25) is 10.0 Å². The molecule has 3 nitrogen and oxygen atoms in total. The molecule has 0 saturated carbocycles. The van der Waals surface area contributed by atoms with Gasteiger partial charge in [0.2, 0.25) is 0 Å². The number of carbonyl (C=O) groups is 1. The van der Waals surface area contributed by atoms with Crippen molar-refractivity contribution in [2.24, 2.45) is 0 Å². The van der Waals surface area contributed by atoms with Gasteiger partial charge in [-0.05, 0) is 42.5 Å². The summed E-state index contributed by atoms with van der Waals surface area (Å²) in [7, 11) is 0. The molecule has 2 rings (SSSR count). The molecule has 0 aliphatic rings. The first-order valence-electron chi connectivity index (χ1n) is 5.59. The monoisotopic (exact) mass is 374 g/mol. The third kappa shape index (κ3) is 4.40. The Bertz CT molecular complexity index is 614. The molecule has 0 aromatic heterocycles. The summed E-state index contributed by atoms with van der Waals surface area (Å²) >= 11 is 15.0. The number of rotatable bonds is 4. The molecule has 0 radical (unpaired) electrons. The van der Waals surface area contributed by atoms with E-state index < -0.39 is 5.97 Å². The smallest absolute Gasteiger partial charge is 0.349 e. The molecular formula is C14H9BrCl2O3. The first-order chi connectivity index (χ1) is 9.54. The highest BCUT2D eigenvalue weighted by atomic mass is 79.9. The van der Waals surface area contributed by atoms with Crippen LogP contribution in [0.15, 0.2) is 46.9 Å². The Morgan fingerprint density at radius 3 is 2.45 bits per heavy atom. The first-order valence-corrected chi connectivity index (χ1v) is 7.13. The second kappa shape index (κ2) is 6.97. The van der Waals surface area contributed by atoms with Crippen molar-refractivity contribution in [3.8, 4) is 11.5 Å². The van der Waals surface area contributed by atoms with Gasteiger partial charge in [0, 0.05) is 9.50 Å². The number of esters is 1. The second-order valence-electron chi connectivity index (χ2n) is 3.79. The number of benzene rings is 2. The molecule has 0 saturated heterocycles. The van der Waals surface area contributed by atoms with Crippen molar-refractivity contribution < 1.29 is 14.3 Å². The Labute approximate surface area is 134 Å². The predicted octanol–water partition coefficient (Wildman–Crippen LogP) is 4.74. The minimum Gasteiger partial charge on any atom is -0.480 e. The maximum Gasteiger partial charge on any atom is 0.349 e. The molecule has 0 bridgehead atoms. The van der Waals surface area contributed by atoms with Crippen LogP contribution in [0, 0.1) is 0 Å². The molecule has 0 spiro atoms. The van der Waals surface area contributed by atoms with Gasteiger partial charge in [-0.25, -0.2) is 4.79 Å². The van der Waals surface area contributed by atoms with Crippen molar-refractivity contribution >= 4 is 45.1 Å². The van der Waals surface area contributed by atoms with Gasteiger partial charge in [-0.15, -0.1) is 0 Å². The fourth-order valence-corrected chi connectivity index (χ4v) is 2.25. The summed E-state index contributed by atoms with van der Waals surface area (Å²) in [5.41, 5.74) is 0. The standard InChI is InChI=1S/C14H9BrCl2O3/c15-9-1-6-13(12(17)7-9)19-8-14(18)20-11-4-2-10(16)3-5-11/h1-7H,8H2. The third-order valence-corrected chi connectivity index (χ3v) is 3.33. The highest BCUT2D eigenvalue weighted by Crippen LogP contribution is 2.27. The Morgan fingerprint density at radius 2 is 1.80 bits per heavy atom. The van der Waals surface area contributed by atoms with E-state index in [0.29, 0.717) is 21.5 Å². The molecule has 104 valence electrons. The van der Waals surface area contributed by atoms with Crippen LogP contribution in [0.25, 0.3) is 0 Å². The summed E-state index contributed by atoms with van der Waals surface area (Å²) < 4.78 is 11.2. The number of ether oxygens (including phenoxy) is 2. The van der Waals surface area contributed by atoms with Crippen LogP contribution in [0.3, 0.4) is 0 Å². The highest BCUT2D eigenvalue weighted by molar-refractivity contribution is 9.10. The molecule has 0 unspecified atom stereocenters. The molecule has 0 fully saturated rings. The normalized spacial score (nSPS) is 10.2. The van der Waals surface area contributed by atoms with Crippen LogP contribution < -0.4 is 9.47 Å². The molecule has 0 aliphatic carbocycles. The predicted molar refractivity (Wildman–Crippen MR) is 81.7 cm³/mol. The minimum atomic E-state index is -0.522. The van der Waals surface area contributed by atoms with E-state index in [1.165, 1.54) is 0 Å². The number of carbonyl (C=O) groups excluding carboxylic acids is 1. The maximum absolute atomic E-state index is 11.6. The van der Waals surface area contributed by atoms with Gasteiger partial charge in [0.15, 0.2) is 6.61 Å². The van der Waals surface area contributed by atoms with Gasteiger partial charge in [0.1, 0.15) is 11.5 Å². The molecule has 2 aromatic rings. The molecule has 0 atom stereocenters. The first kappa shape index (κ1) is 15.2. The summed E-state index contributed by atoms with van der Waals surface area (Å²) in [6, 6.07) is 11.6. The lowest BCUT2D eigenvalue weighted by molar-refractivity contribution is -0.136. The van der Waals surface area contributed by atoms with Gasteiger partial charge in [0.25, 0.3) is 0 Å². The van der Waals surface area contributed by atoms with E-state index in [9.17, 15) is 4.79 Å². The second-order valence-corrected chi connectivity index (χ2v) is 5.55. The third-order valence-electron chi connectivity index (χ3n) is 2.28. The summed E-state index contributed by atoms with van der Waals surface area (Å²) in [4.78, 5) is 11.6. The van der Waals surface area contributed by atoms with Crippen LogP contribution in [0.4, 0.5) is 0 Å². The van der Waals surface area contributed by atoms with Gasteiger partial charge >= 0.3 is 5.97 Å². The van der Waals surface area contributed by atoms with E-state index in [4.69, 9.17) is 32.7 Å². The molecular weight excluding hydrogens is 367 g/mol. The molecule has 6 heteroatoms. The zero-order chi connectivity index (χ0) is 14.5.